The average Bonchev–Trinajstić information content (AvgIpc) is 3.85. The lowest BCUT2D eigenvalue weighted by Crippen LogP contribution is -1.93. The summed E-state index contributed by atoms with van der Waals surface area (Å²) >= 11 is 0. The lowest BCUT2D eigenvalue weighted by atomic mass is 9.84. The highest BCUT2D eigenvalue weighted by molar-refractivity contribution is 6.20. The smallest absolute Gasteiger partial charge is 0.140 e. The highest BCUT2D eigenvalue weighted by atomic mass is 15.1. The molecule has 0 radical (unpaired) electrons. The fourth-order valence-corrected chi connectivity index (χ4v) is 9.70. The van der Waals surface area contributed by atoms with Gasteiger partial charge in [-0.2, -0.15) is 0 Å². The third-order valence-electron chi connectivity index (χ3n) is 12.7. The van der Waals surface area contributed by atoms with Crippen LogP contribution in [-0.2, 0) is 14.1 Å². The molecule has 0 amide bonds. The largest absolute Gasteiger partial charge is 0.327 e. The zero-order valence-corrected chi connectivity index (χ0v) is 34.4. The zero-order valence-electron chi connectivity index (χ0n) is 34.4. The molecule has 0 N–H and O–H groups in total. The van der Waals surface area contributed by atoms with Crippen molar-refractivity contribution in [1.82, 2.24) is 19.1 Å². The third kappa shape index (κ3) is 5.76. The number of aryl methyl sites for hydroxylation is 2. The second-order valence-corrected chi connectivity index (χ2v) is 16.3. The average molecular weight is 793 g/mol. The summed E-state index contributed by atoms with van der Waals surface area (Å²) in [5.74, 6) is 1.92. The Morgan fingerprint density at radius 3 is 1.31 bits per heavy atom. The Hall–Kier alpha value is -8.08. The molecule has 0 saturated carbocycles. The van der Waals surface area contributed by atoms with Crippen LogP contribution >= 0.6 is 0 Å². The monoisotopic (exact) mass is 792 g/mol. The van der Waals surface area contributed by atoms with Crippen molar-refractivity contribution in [3.63, 3.8) is 0 Å². The molecule has 0 atom stereocenters. The molecule has 4 nitrogen and oxygen atoms in total. The Morgan fingerprint density at radius 2 is 0.774 bits per heavy atom. The molecule has 4 heteroatoms. The summed E-state index contributed by atoms with van der Waals surface area (Å²) in [4.78, 5) is 10.2. The molecule has 10 aromatic carbocycles. The van der Waals surface area contributed by atoms with Gasteiger partial charge in [-0.15, -0.1) is 0 Å². The summed E-state index contributed by atoms with van der Waals surface area (Å²) in [6.07, 6.45) is 0. The molecule has 0 aliphatic carbocycles. The fourth-order valence-electron chi connectivity index (χ4n) is 9.70. The van der Waals surface area contributed by atoms with Crippen molar-refractivity contribution in [2.24, 2.45) is 14.1 Å². The lowest BCUT2D eigenvalue weighted by Gasteiger charge is -2.19. The Kier molecular flexibility index (Phi) is 8.26. The van der Waals surface area contributed by atoms with Crippen LogP contribution in [0.4, 0.5) is 0 Å². The van der Waals surface area contributed by atoms with Gasteiger partial charge in [-0.05, 0) is 119 Å². The van der Waals surface area contributed by atoms with Crippen molar-refractivity contribution in [2.45, 2.75) is 0 Å². The van der Waals surface area contributed by atoms with E-state index < -0.39 is 0 Å². The first-order valence-electron chi connectivity index (χ1n) is 21.2. The number of benzene rings is 10. The van der Waals surface area contributed by atoms with Crippen molar-refractivity contribution in [2.75, 3.05) is 0 Å². The maximum absolute atomic E-state index is 5.08. The van der Waals surface area contributed by atoms with Crippen molar-refractivity contribution < 1.29 is 0 Å². The number of hydrogen-bond donors (Lipinski definition) is 0. The van der Waals surface area contributed by atoms with Crippen molar-refractivity contribution >= 4 is 54.4 Å². The van der Waals surface area contributed by atoms with Gasteiger partial charge in [0.25, 0.3) is 0 Å². The van der Waals surface area contributed by atoms with Gasteiger partial charge >= 0.3 is 0 Å². The number of hydrogen-bond acceptors (Lipinski definition) is 2. The van der Waals surface area contributed by atoms with E-state index in [4.69, 9.17) is 9.97 Å². The summed E-state index contributed by atoms with van der Waals surface area (Å²) in [6, 6.07) is 74.7. The fraction of sp³-hybridized carbons (Fsp3) is 0.0345. The van der Waals surface area contributed by atoms with E-state index in [0.717, 1.165) is 56.0 Å². The van der Waals surface area contributed by atoms with E-state index in [1.54, 1.807) is 0 Å². The number of aromatic nitrogens is 4. The van der Waals surface area contributed by atoms with E-state index in [2.05, 4.69) is 217 Å². The first kappa shape index (κ1) is 35.8. The molecule has 62 heavy (non-hydrogen) atoms. The van der Waals surface area contributed by atoms with Crippen LogP contribution in [0.2, 0.25) is 0 Å². The molecule has 0 saturated heterocycles. The van der Waals surface area contributed by atoms with E-state index in [0.29, 0.717) is 0 Å². The van der Waals surface area contributed by atoms with E-state index >= 15 is 0 Å². The molecule has 292 valence electrons. The van der Waals surface area contributed by atoms with Gasteiger partial charge in [-0.1, -0.05) is 164 Å². The number of rotatable bonds is 6. The maximum Gasteiger partial charge on any atom is 0.140 e. The van der Waals surface area contributed by atoms with Gasteiger partial charge in [-0.3, -0.25) is 0 Å². The quantitative estimate of drug-likeness (QED) is 0.157. The van der Waals surface area contributed by atoms with E-state index in [1.165, 1.54) is 65.7 Å². The van der Waals surface area contributed by atoms with Gasteiger partial charge in [0.1, 0.15) is 11.6 Å². The molecular weight excluding hydrogens is 753 g/mol. The maximum atomic E-state index is 5.08. The predicted molar refractivity (Wildman–Crippen MR) is 260 cm³/mol. The Balaban J connectivity index is 1.14. The van der Waals surface area contributed by atoms with Crippen LogP contribution < -0.4 is 0 Å². The molecule has 0 aliphatic heterocycles. The molecule has 2 aromatic heterocycles. The highest BCUT2D eigenvalue weighted by Gasteiger charge is 2.20. The highest BCUT2D eigenvalue weighted by Crippen LogP contribution is 2.46. The summed E-state index contributed by atoms with van der Waals surface area (Å²) in [5, 5.41) is 7.29. The molecule has 12 rings (SSSR count). The van der Waals surface area contributed by atoms with E-state index in [-0.39, 0.29) is 0 Å². The van der Waals surface area contributed by atoms with Gasteiger partial charge in [0.15, 0.2) is 0 Å². The first-order chi connectivity index (χ1) is 30.6. The van der Waals surface area contributed by atoms with E-state index in [9.17, 15) is 0 Å². The second-order valence-electron chi connectivity index (χ2n) is 16.3. The Labute approximate surface area is 359 Å². The van der Waals surface area contributed by atoms with Crippen molar-refractivity contribution in [3.8, 4) is 67.3 Å². The van der Waals surface area contributed by atoms with Crippen molar-refractivity contribution in [1.29, 1.82) is 0 Å². The lowest BCUT2D eigenvalue weighted by molar-refractivity contribution is 0.959. The van der Waals surface area contributed by atoms with Gasteiger partial charge in [0.05, 0.1) is 22.1 Å². The molecule has 12 aromatic rings. The third-order valence-corrected chi connectivity index (χ3v) is 12.7. The SMILES string of the molecule is Cn1c(-c2ccccc2)nc2ccc(-c3cccc4c(-c5cc(-c6ccccc6)c6ccccc6c5)c5cccc(-c6ccc7nc(-c8ccccc8)n(C)c7c6)c5cc34)cc21. The predicted octanol–water partition coefficient (Wildman–Crippen LogP) is 14.9. The molecule has 2 heterocycles. The summed E-state index contributed by atoms with van der Waals surface area (Å²) in [5.41, 5.74) is 15.9. The normalized spacial score (nSPS) is 11.7. The van der Waals surface area contributed by atoms with Crippen LogP contribution in [0.5, 0.6) is 0 Å². The Morgan fingerprint density at radius 1 is 0.306 bits per heavy atom. The van der Waals surface area contributed by atoms with Crippen LogP contribution in [-0.4, -0.2) is 19.1 Å². The molecule has 0 fully saturated rings. The molecule has 0 spiro atoms. The van der Waals surface area contributed by atoms with Crippen LogP contribution in [0.15, 0.2) is 206 Å². The topological polar surface area (TPSA) is 35.6 Å². The van der Waals surface area contributed by atoms with Gasteiger partial charge in [-0.25, -0.2) is 9.97 Å². The van der Waals surface area contributed by atoms with Crippen LogP contribution in [0.1, 0.15) is 0 Å². The van der Waals surface area contributed by atoms with Crippen molar-refractivity contribution in [3.05, 3.63) is 206 Å². The van der Waals surface area contributed by atoms with Gasteiger partial charge in [0, 0.05) is 25.2 Å². The standard InChI is InChI=1S/C58H40N4/c1-61-54-34-41(28-30-52(54)59-57(61)38-18-8-4-9-19-38)45-24-14-26-47-50(45)36-51-46(42-29-31-53-55(35-42)62(2)58(60-53)39-20-10-5-11-21-39)25-15-27-48(51)56(47)43-32-40-22-12-13-23-44(40)49(33-43)37-16-6-3-7-17-37/h3-36H,1-2H3. The minimum atomic E-state index is 0.959. The molecule has 0 bridgehead atoms. The summed E-state index contributed by atoms with van der Waals surface area (Å²) in [7, 11) is 4.24. The minimum Gasteiger partial charge on any atom is -0.327 e. The molecule has 0 aliphatic rings. The second kappa shape index (κ2) is 14.3. The minimum absolute atomic E-state index is 0.959. The summed E-state index contributed by atoms with van der Waals surface area (Å²) < 4.78 is 4.44. The van der Waals surface area contributed by atoms with Gasteiger partial charge < -0.3 is 9.13 Å². The van der Waals surface area contributed by atoms with Crippen LogP contribution in [0.3, 0.4) is 0 Å². The Bertz CT molecular complexity index is 3510. The number of imidazole rings is 2. The molecular formula is C58H40N4. The van der Waals surface area contributed by atoms with Crippen LogP contribution in [0, 0.1) is 0 Å². The van der Waals surface area contributed by atoms with E-state index in [1.807, 2.05) is 12.1 Å². The van der Waals surface area contributed by atoms with Gasteiger partial charge in [0.2, 0.25) is 0 Å². The zero-order chi connectivity index (χ0) is 41.3. The number of nitrogens with zero attached hydrogens (tertiary/aromatic N) is 4. The summed E-state index contributed by atoms with van der Waals surface area (Å²) in [6.45, 7) is 0. The van der Waals surface area contributed by atoms with Crippen LogP contribution in [0.25, 0.3) is 122 Å². The molecule has 0 unspecified atom stereocenters. The number of fused-ring (bicyclic) bond motifs is 5. The first-order valence-corrected chi connectivity index (χ1v) is 21.2.